The molecule has 2 rings (SSSR count). The minimum absolute atomic E-state index is 0.425. The van der Waals surface area contributed by atoms with E-state index in [0.29, 0.717) is 5.92 Å². The third-order valence-corrected chi connectivity index (χ3v) is 3.65. The first-order valence-corrected chi connectivity index (χ1v) is 7.23. The molecule has 0 aliphatic carbocycles. The summed E-state index contributed by atoms with van der Waals surface area (Å²) in [7, 11) is 0. The molecule has 1 heterocycles. The van der Waals surface area contributed by atoms with Crippen LogP contribution < -0.4 is 5.32 Å². The second-order valence-corrected chi connectivity index (χ2v) is 5.86. The molecule has 18 heavy (non-hydrogen) atoms. The summed E-state index contributed by atoms with van der Waals surface area (Å²) in [6.07, 6.45) is 0. The van der Waals surface area contributed by atoms with Crippen LogP contribution in [0, 0.1) is 0 Å². The maximum absolute atomic E-state index is 6.08. The van der Waals surface area contributed by atoms with Crippen molar-refractivity contribution in [2.75, 3.05) is 11.9 Å². The monoisotopic (exact) mass is 326 g/mol. The van der Waals surface area contributed by atoms with Gasteiger partial charge in [-0.15, -0.1) is 0 Å². The summed E-state index contributed by atoms with van der Waals surface area (Å²) in [6, 6.07) is 6.00. The fraction of sp³-hybridized carbons (Fsp3) is 0.357. The van der Waals surface area contributed by atoms with Crippen molar-refractivity contribution in [2.24, 2.45) is 0 Å². The van der Waals surface area contributed by atoms with Gasteiger partial charge in [0, 0.05) is 21.4 Å². The fourth-order valence-electron chi connectivity index (χ4n) is 1.98. The van der Waals surface area contributed by atoms with Crippen LogP contribution in [0.25, 0.3) is 10.9 Å². The lowest BCUT2D eigenvalue weighted by atomic mass is 10.0. The number of nitrogens with zero attached hydrogens (tertiary/aromatic N) is 1. The van der Waals surface area contributed by atoms with Crippen molar-refractivity contribution in [1.82, 2.24) is 4.98 Å². The van der Waals surface area contributed by atoms with Gasteiger partial charge >= 0.3 is 0 Å². The molecule has 1 N–H and O–H groups in total. The van der Waals surface area contributed by atoms with E-state index >= 15 is 0 Å². The third kappa shape index (κ3) is 2.62. The molecule has 1 aromatic heterocycles. The van der Waals surface area contributed by atoms with Crippen molar-refractivity contribution in [3.63, 3.8) is 0 Å². The Balaban J connectivity index is 2.72. The number of hydrogen-bond acceptors (Lipinski definition) is 2. The van der Waals surface area contributed by atoms with E-state index in [9.17, 15) is 0 Å². The van der Waals surface area contributed by atoms with Crippen LogP contribution in [0.15, 0.2) is 22.7 Å². The Morgan fingerprint density at radius 2 is 2.06 bits per heavy atom. The Kier molecular flexibility index (Phi) is 4.13. The zero-order valence-electron chi connectivity index (χ0n) is 10.7. The van der Waals surface area contributed by atoms with Gasteiger partial charge in [0.2, 0.25) is 0 Å². The first-order valence-electron chi connectivity index (χ1n) is 6.06. The first kappa shape index (κ1) is 13.6. The lowest BCUT2D eigenvalue weighted by Crippen LogP contribution is -2.05. The Bertz CT molecular complexity index is 582. The minimum atomic E-state index is 0.425. The average Bonchev–Trinajstić information content (AvgIpc) is 2.29. The van der Waals surface area contributed by atoms with Crippen molar-refractivity contribution in [3.05, 3.63) is 33.3 Å². The minimum Gasteiger partial charge on any atom is -0.370 e. The molecule has 0 atom stereocenters. The molecular weight excluding hydrogens is 312 g/mol. The van der Waals surface area contributed by atoms with Gasteiger partial charge in [-0.1, -0.05) is 25.4 Å². The lowest BCUT2D eigenvalue weighted by Gasteiger charge is -2.15. The van der Waals surface area contributed by atoms with Crippen LogP contribution in [0.4, 0.5) is 5.82 Å². The number of pyridine rings is 1. The molecule has 2 aromatic rings. The standard InChI is InChI=1S/C14H16BrClN2/c1-4-17-14-11(8(2)3)6-9-5-10(16)7-12(15)13(9)18-14/h5-8H,4H2,1-3H3,(H,17,18). The highest BCUT2D eigenvalue weighted by molar-refractivity contribution is 9.10. The summed E-state index contributed by atoms with van der Waals surface area (Å²) >= 11 is 9.60. The van der Waals surface area contributed by atoms with Gasteiger partial charge < -0.3 is 5.32 Å². The van der Waals surface area contributed by atoms with Gasteiger partial charge in [-0.05, 0) is 52.5 Å². The van der Waals surface area contributed by atoms with Crippen molar-refractivity contribution in [2.45, 2.75) is 26.7 Å². The van der Waals surface area contributed by atoms with Crippen LogP contribution in [-0.2, 0) is 0 Å². The van der Waals surface area contributed by atoms with Gasteiger partial charge in [0.1, 0.15) is 5.82 Å². The lowest BCUT2D eigenvalue weighted by molar-refractivity contribution is 0.861. The van der Waals surface area contributed by atoms with E-state index in [2.05, 4.69) is 48.1 Å². The van der Waals surface area contributed by atoms with E-state index in [0.717, 1.165) is 32.8 Å². The highest BCUT2D eigenvalue weighted by Gasteiger charge is 2.12. The molecule has 0 fully saturated rings. The summed E-state index contributed by atoms with van der Waals surface area (Å²) in [5.74, 6) is 1.39. The maximum atomic E-state index is 6.08. The van der Waals surface area contributed by atoms with E-state index in [1.54, 1.807) is 0 Å². The molecule has 0 aliphatic heterocycles. The van der Waals surface area contributed by atoms with Crippen LogP contribution >= 0.6 is 27.5 Å². The molecule has 0 bridgehead atoms. The number of anilines is 1. The van der Waals surface area contributed by atoms with E-state index in [4.69, 9.17) is 16.6 Å². The van der Waals surface area contributed by atoms with Gasteiger partial charge in [-0.2, -0.15) is 0 Å². The third-order valence-electron chi connectivity index (χ3n) is 2.83. The molecule has 0 aliphatic rings. The summed E-state index contributed by atoms with van der Waals surface area (Å²) in [5, 5.41) is 5.12. The number of hydrogen-bond donors (Lipinski definition) is 1. The molecule has 4 heteroatoms. The fourth-order valence-corrected chi connectivity index (χ4v) is 2.90. The Labute approximate surface area is 121 Å². The molecule has 2 nitrogen and oxygen atoms in total. The summed E-state index contributed by atoms with van der Waals surface area (Å²) in [4.78, 5) is 4.71. The topological polar surface area (TPSA) is 24.9 Å². The first-order chi connectivity index (χ1) is 8.52. The summed E-state index contributed by atoms with van der Waals surface area (Å²) in [5.41, 5.74) is 2.17. The summed E-state index contributed by atoms with van der Waals surface area (Å²) in [6.45, 7) is 7.28. The van der Waals surface area contributed by atoms with Crippen LogP contribution in [0.3, 0.4) is 0 Å². The highest BCUT2D eigenvalue weighted by Crippen LogP contribution is 2.32. The number of nitrogens with one attached hydrogen (secondary N) is 1. The van der Waals surface area contributed by atoms with Crippen LogP contribution in [0.2, 0.25) is 5.02 Å². The average molecular weight is 328 g/mol. The second-order valence-electron chi connectivity index (χ2n) is 4.57. The molecule has 1 aromatic carbocycles. The molecule has 0 unspecified atom stereocenters. The SMILES string of the molecule is CCNc1nc2c(Br)cc(Cl)cc2cc1C(C)C. The quantitative estimate of drug-likeness (QED) is 0.837. The van der Waals surface area contributed by atoms with Crippen LogP contribution in [0.5, 0.6) is 0 Å². The van der Waals surface area contributed by atoms with Gasteiger partial charge in [-0.25, -0.2) is 4.98 Å². The highest BCUT2D eigenvalue weighted by atomic mass is 79.9. The zero-order valence-corrected chi connectivity index (χ0v) is 13.1. The molecule has 0 radical (unpaired) electrons. The Hall–Kier alpha value is -0.800. The smallest absolute Gasteiger partial charge is 0.130 e. The molecule has 0 saturated heterocycles. The predicted molar refractivity (Wildman–Crippen MR) is 82.7 cm³/mol. The zero-order chi connectivity index (χ0) is 13.3. The van der Waals surface area contributed by atoms with Gasteiger partial charge in [0.25, 0.3) is 0 Å². The van der Waals surface area contributed by atoms with E-state index < -0.39 is 0 Å². The predicted octanol–water partition coefficient (Wildman–Crippen LogP) is 5.21. The second kappa shape index (κ2) is 5.45. The molecular formula is C14H16BrClN2. The molecule has 96 valence electrons. The van der Waals surface area contributed by atoms with E-state index in [1.165, 1.54) is 5.56 Å². The van der Waals surface area contributed by atoms with Crippen molar-refractivity contribution < 1.29 is 0 Å². The van der Waals surface area contributed by atoms with Crippen LogP contribution in [0.1, 0.15) is 32.3 Å². The van der Waals surface area contributed by atoms with Gasteiger partial charge in [0.15, 0.2) is 0 Å². The normalized spacial score (nSPS) is 11.2. The number of rotatable bonds is 3. The number of benzene rings is 1. The molecule has 0 amide bonds. The number of halogens is 2. The molecule has 0 spiro atoms. The van der Waals surface area contributed by atoms with Gasteiger partial charge in [-0.3, -0.25) is 0 Å². The van der Waals surface area contributed by atoms with Crippen molar-refractivity contribution in [3.8, 4) is 0 Å². The van der Waals surface area contributed by atoms with E-state index in [-0.39, 0.29) is 0 Å². The molecule has 0 saturated carbocycles. The van der Waals surface area contributed by atoms with Crippen molar-refractivity contribution in [1.29, 1.82) is 0 Å². The van der Waals surface area contributed by atoms with Gasteiger partial charge in [0.05, 0.1) is 5.52 Å². The van der Waals surface area contributed by atoms with Crippen molar-refractivity contribution >= 4 is 44.3 Å². The Morgan fingerprint density at radius 1 is 1.33 bits per heavy atom. The largest absolute Gasteiger partial charge is 0.370 e. The summed E-state index contributed by atoms with van der Waals surface area (Å²) < 4.78 is 0.930. The van der Waals surface area contributed by atoms with E-state index in [1.807, 2.05) is 12.1 Å². The Morgan fingerprint density at radius 3 is 2.67 bits per heavy atom. The number of fused-ring (bicyclic) bond motifs is 1. The maximum Gasteiger partial charge on any atom is 0.130 e. The van der Waals surface area contributed by atoms with Crippen LogP contribution in [-0.4, -0.2) is 11.5 Å². The number of aromatic nitrogens is 1.